The summed E-state index contributed by atoms with van der Waals surface area (Å²) in [5, 5.41) is 10.8. The second kappa shape index (κ2) is 6.80. The highest BCUT2D eigenvalue weighted by molar-refractivity contribution is 9.10. The molecule has 0 radical (unpaired) electrons. The van der Waals surface area contributed by atoms with E-state index < -0.39 is 12.0 Å². The molecule has 1 aromatic rings. The lowest BCUT2D eigenvalue weighted by Gasteiger charge is -2.14. The van der Waals surface area contributed by atoms with Crippen LogP contribution in [0.2, 0.25) is 0 Å². The molecule has 6 heteroatoms. The fraction of sp³-hybridized carbons (Fsp3) is 0.333. The smallest absolute Gasteiger partial charge is 0.325 e. The summed E-state index contributed by atoms with van der Waals surface area (Å²) in [6, 6.07) is 6.73. The minimum atomic E-state index is -1.04. The Balaban J connectivity index is 2.54. The van der Waals surface area contributed by atoms with Crippen molar-refractivity contribution < 1.29 is 14.7 Å². The Labute approximate surface area is 118 Å². The Hall–Kier alpha value is -1.01. The SMILES string of the molecule is CC(Sc1ccc(Br)cc1)C(=O)N[C@H](C)C(=O)O. The van der Waals surface area contributed by atoms with E-state index in [1.165, 1.54) is 18.7 Å². The number of amides is 1. The molecule has 0 saturated heterocycles. The third-order valence-electron chi connectivity index (χ3n) is 2.22. The fourth-order valence-electron chi connectivity index (χ4n) is 1.16. The Morgan fingerprint density at radius 1 is 1.28 bits per heavy atom. The number of aliphatic carboxylic acids is 1. The van der Waals surface area contributed by atoms with Crippen LogP contribution in [-0.2, 0) is 9.59 Å². The van der Waals surface area contributed by atoms with Crippen molar-refractivity contribution in [2.24, 2.45) is 0 Å². The van der Waals surface area contributed by atoms with E-state index in [-0.39, 0.29) is 11.2 Å². The van der Waals surface area contributed by atoms with Gasteiger partial charge in [0, 0.05) is 9.37 Å². The van der Waals surface area contributed by atoms with Gasteiger partial charge in [0.1, 0.15) is 6.04 Å². The van der Waals surface area contributed by atoms with Crippen LogP contribution in [0.4, 0.5) is 0 Å². The summed E-state index contributed by atoms with van der Waals surface area (Å²) >= 11 is 4.72. The number of carboxylic acid groups (broad SMARTS) is 1. The van der Waals surface area contributed by atoms with Crippen molar-refractivity contribution in [3.05, 3.63) is 28.7 Å². The summed E-state index contributed by atoms with van der Waals surface area (Å²) in [6.07, 6.45) is 0. The van der Waals surface area contributed by atoms with Crippen LogP contribution in [0.5, 0.6) is 0 Å². The second-order valence-corrected chi connectivity index (χ2v) is 6.11. The molecule has 0 spiro atoms. The highest BCUT2D eigenvalue weighted by Gasteiger charge is 2.19. The Morgan fingerprint density at radius 3 is 2.33 bits per heavy atom. The van der Waals surface area contributed by atoms with Gasteiger partial charge < -0.3 is 10.4 Å². The van der Waals surface area contributed by atoms with Gasteiger partial charge in [-0.1, -0.05) is 15.9 Å². The second-order valence-electron chi connectivity index (χ2n) is 3.78. The van der Waals surface area contributed by atoms with E-state index in [1.807, 2.05) is 24.3 Å². The van der Waals surface area contributed by atoms with Crippen LogP contribution in [0.25, 0.3) is 0 Å². The van der Waals surface area contributed by atoms with E-state index in [2.05, 4.69) is 21.2 Å². The Kier molecular flexibility index (Phi) is 5.68. The van der Waals surface area contributed by atoms with E-state index in [9.17, 15) is 9.59 Å². The fourth-order valence-corrected chi connectivity index (χ4v) is 2.30. The first kappa shape index (κ1) is 15.0. The highest BCUT2D eigenvalue weighted by Crippen LogP contribution is 2.24. The molecule has 0 fully saturated rings. The molecule has 0 aliphatic rings. The molecule has 0 heterocycles. The number of nitrogens with one attached hydrogen (secondary N) is 1. The summed E-state index contributed by atoms with van der Waals surface area (Å²) < 4.78 is 0.975. The van der Waals surface area contributed by atoms with Crippen molar-refractivity contribution in [2.45, 2.75) is 30.0 Å². The molecular weight excluding hydrogens is 318 g/mol. The molecular formula is C12H14BrNO3S. The topological polar surface area (TPSA) is 66.4 Å². The summed E-state index contributed by atoms with van der Waals surface area (Å²) in [7, 11) is 0. The molecule has 1 amide bonds. The van der Waals surface area contributed by atoms with Gasteiger partial charge >= 0.3 is 5.97 Å². The molecule has 4 nitrogen and oxygen atoms in total. The molecule has 1 rings (SSSR count). The normalized spacial score (nSPS) is 13.7. The number of carbonyl (C=O) groups excluding carboxylic acids is 1. The molecule has 2 atom stereocenters. The van der Waals surface area contributed by atoms with Crippen molar-refractivity contribution >= 4 is 39.6 Å². The van der Waals surface area contributed by atoms with Gasteiger partial charge in [-0.15, -0.1) is 11.8 Å². The van der Waals surface area contributed by atoms with Gasteiger partial charge in [-0.2, -0.15) is 0 Å². The van der Waals surface area contributed by atoms with Crippen LogP contribution in [0.3, 0.4) is 0 Å². The molecule has 98 valence electrons. The number of hydrogen-bond donors (Lipinski definition) is 2. The predicted molar refractivity (Wildman–Crippen MR) is 74.7 cm³/mol. The zero-order chi connectivity index (χ0) is 13.7. The molecule has 1 unspecified atom stereocenters. The highest BCUT2D eigenvalue weighted by atomic mass is 79.9. The Morgan fingerprint density at radius 2 is 1.83 bits per heavy atom. The average Bonchev–Trinajstić information content (AvgIpc) is 2.31. The van der Waals surface area contributed by atoms with Crippen molar-refractivity contribution in [1.29, 1.82) is 0 Å². The van der Waals surface area contributed by atoms with Crippen molar-refractivity contribution in [1.82, 2.24) is 5.32 Å². The number of hydrogen-bond acceptors (Lipinski definition) is 3. The molecule has 0 bridgehead atoms. The van der Waals surface area contributed by atoms with Crippen LogP contribution in [0.15, 0.2) is 33.6 Å². The Bertz CT molecular complexity index is 435. The maximum Gasteiger partial charge on any atom is 0.325 e. The maximum absolute atomic E-state index is 11.7. The number of carbonyl (C=O) groups is 2. The zero-order valence-electron chi connectivity index (χ0n) is 10.0. The monoisotopic (exact) mass is 331 g/mol. The lowest BCUT2D eigenvalue weighted by molar-refractivity contribution is -0.141. The maximum atomic E-state index is 11.7. The first-order chi connectivity index (χ1) is 8.40. The van der Waals surface area contributed by atoms with Gasteiger partial charge in [0.25, 0.3) is 0 Å². The summed E-state index contributed by atoms with van der Waals surface area (Å²) in [4.78, 5) is 23.3. The average molecular weight is 332 g/mol. The molecule has 0 aromatic heterocycles. The van der Waals surface area contributed by atoms with Crippen molar-refractivity contribution in [3.8, 4) is 0 Å². The molecule has 0 aliphatic heterocycles. The van der Waals surface area contributed by atoms with Gasteiger partial charge in [-0.3, -0.25) is 9.59 Å². The molecule has 1 aromatic carbocycles. The van der Waals surface area contributed by atoms with Crippen molar-refractivity contribution in [3.63, 3.8) is 0 Å². The number of rotatable bonds is 5. The van der Waals surface area contributed by atoms with Gasteiger partial charge in [0.05, 0.1) is 5.25 Å². The van der Waals surface area contributed by atoms with E-state index in [1.54, 1.807) is 6.92 Å². The van der Waals surface area contributed by atoms with Crippen LogP contribution in [-0.4, -0.2) is 28.3 Å². The van der Waals surface area contributed by atoms with Gasteiger partial charge in [0.15, 0.2) is 0 Å². The van der Waals surface area contributed by atoms with Gasteiger partial charge in [0.2, 0.25) is 5.91 Å². The predicted octanol–water partition coefficient (Wildman–Crippen LogP) is 2.52. The van der Waals surface area contributed by atoms with E-state index >= 15 is 0 Å². The van der Waals surface area contributed by atoms with Crippen LogP contribution >= 0.6 is 27.7 Å². The third-order valence-corrected chi connectivity index (χ3v) is 3.87. The van der Waals surface area contributed by atoms with E-state index in [0.717, 1.165) is 9.37 Å². The minimum absolute atomic E-state index is 0.280. The van der Waals surface area contributed by atoms with Gasteiger partial charge in [-0.25, -0.2) is 0 Å². The van der Waals surface area contributed by atoms with E-state index in [4.69, 9.17) is 5.11 Å². The molecule has 18 heavy (non-hydrogen) atoms. The van der Waals surface area contributed by atoms with Crippen LogP contribution < -0.4 is 5.32 Å². The standard InChI is InChI=1S/C12H14BrNO3S/c1-7(12(16)17)14-11(15)8(2)18-10-5-3-9(13)4-6-10/h3-8H,1-2H3,(H,14,15)(H,16,17)/t7-,8?/m1/s1. The third kappa shape index (κ3) is 4.70. The van der Waals surface area contributed by atoms with Crippen molar-refractivity contribution in [2.75, 3.05) is 0 Å². The number of carboxylic acids is 1. The van der Waals surface area contributed by atoms with Gasteiger partial charge in [-0.05, 0) is 38.1 Å². The van der Waals surface area contributed by atoms with Crippen LogP contribution in [0.1, 0.15) is 13.8 Å². The number of thioether (sulfide) groups is 1. The first-order valence-electron chi connectivity index (χ1n) is 5.35. The summed E-state index contributed by atoms with van der Waals surface area (Å²) in [5.41, 5.74) is 0. The molecule has 0 aliphatic carbocycles. The number of halogens is 1. The zero-order valence-corrected chi connectivity index (χ0v) is 12.4. The first-order valence-corrected chi connectivity index (χ1v) is 7.03. The molecule has 2 N–H and O–H groups in total. The lowest BCUT2D eigenvalue weighted by atomic mass is 10.3. The van der Waals surface area contributed by atoms with E-state index in [0.29, 0.717) is 0 Å². The number of benzene rings is 1. The largest absolute Gasteiger partial charge is 0.480 e. The summed E-state index contributed by atoms with van der Waals surface area (Å²) in [6.45, 7) is 3.19. The quantitative estimate of drug-likeness (QED) is 0.813. The van der Waals surface area contributed by atoms with Crippen LogP contribution in [0, 0.1) is 0 Å². The summed E-state index contributed by atoms with van der Waals surface area (Å²) in [5.74, 6) is -1.32. The lowest BCUT2D eigenvalue weighted by Crippen LogP contribution is -2.41. The molecule has 0 saturated carbocycles. The minimum Gasteiger partial charge on any atom is -0.480 e.